The summed E-state index contributed by atoms with van der Waals surface area (Å²) >= 11 is 0. The summed E-state index contributed by atoms with van der Waals surface area (Å²) in [5.74, 6) is -0.0626. The zero-order valence-corrected chi connectivity index (χ0v) is 57.1. The van der Waals surface area contributed by atoms with E-state index in [1.54, 1.807) is 6.08 Å². The van der Waals surface area contributed by atoms with Crippen LogP contribution in [0.25, 0.3) is 0 Å². The molecule has 0 aromatic heterocycles. The van der Waals surface area contributed by atoms with Crippen molar-refractivity contribution >= 4 is 11.9 Å². The number of aliphatic hydroxyl groups is 2. The molecule has 498 valence electrons. The monoisotopic (exact) mass is 1190 g/mol. The lowest BCUT2D eigenvalue weighted by atomic mass is 10.0. The number of allylic oxidation sites excluding steroid dienone is 9. The summed E-state index contributed by atoms with van der Waals surface area (Å²) in [4.78, 5) is 24.6. The lowest BCUT2D eigenvalue weighted by molar-refractivity contribution is -0.143. The van der Waals surface area contributed by atoms with Crippen molar-refractivity contribution in [2.75, 3.05) is 13.2 Å². The second-order valence-corrected chi connectivity index (χ2v) is 26.0. The fourth-order valence-electron chi connectivity index (χ4n) is 11.7. The molecule has 0 aliphatic rings. The Hall–Kier alpha value is -2.44. The fraction of sp³-hybridized carbons (Fsp3) is 0.848. The summed E-state index contributed by atoms with van der Waals surface area (Å²) in [7, 11) is 0. The molecule has 0 aromatic rings. The van der Waals surface area contributed by atoms with E-state index in [4.69, 9.17) is 4.74 Å². The number of carbonyl (C=O) groups is 2. The summed E-state index contributed by atoms with van der Waals surface area (Å²) in [6.07, 6.45) is 98.9. The van der Waals surface area contributed by atoms with Crippen molar-refractivity contribution in [3.05, 3.63) is 60.8 Å². The first-order valence-electron chi connectivity index (χ1n) is 38.1. The minimum absolute atomic E-state index is 0.000490. The van der Waals surface area contributed by atoms with Gasteiger partial charge in [0.25, 0.3) is 0 Å². The molecule has 6 heteroatoms. The van der Waals surface area contributed by atoms with Crippen LogP contribution in [0.2, 0.25) is 0 Å². The molecule has 2 atom stereocenters. The maximum absolute atomic E-state index is 12.5. The molecule has 0 aliphatic heterocycles. The van der Waals surface area contributed by atoms with E-state index in [0.717, 1.165) is 57.8 Å². The van der Waals surface area contributed by atoms with E-state index in [9.17, 15) is 19.8 Å². The van der Waals surface area contributed by atoms with Gasteiger partial charge in [-0.15, -0.1) is 0 Å². The molecule has 0 fully saturated rings. The Morgan fingerprint density at radius 1 is 0.329 bits per heavy atom. The maximum Gasteiger partial charge on any atom is 0.305 e. The number of carbonyl (C=O) groups excluding carboxylic acids is 2. The second-order valence-electron chi connectivity index (χ2n) is 26.0. The summed E-state index contributed by atoms with van der Waals surface area (Å²) in [5.41, 5.74) is 0. The van der Waals surface area contributed by atoms with Crippen molar-refractivity contribution in [3.63, 3.8) is 0 Å². The van der Waals surface area contributed by atoms with Gasteiger partial charge in [0, 0.05) is 12.8 Å². The summed E-state index contributed by atoms with van der Waals surface area (Å²) in [5, 5.41) is 23.2. The van der Waals surface area contributed by atoms with Crippen LogP contribution in [0.4, 0.5) is 0 Å². The van der Waals surface area contributed by atoms with Gasteiger partial charge in [-0.2, -0.15) is 0 Å². The molecule has 0 heterocycles. The zero-order chi connectivity index (χ0) is 61.3. The summed E-state index contributed by atoms with van der Waals surface area (Å²) in [6, 6.07) is -0.628. The van der Waals surface area contributed by atoms with E-state index in [1.807, 2.05) is 6.08 Å². The normalized spacial score (nSPS) is 12.8. The van der Waals surface area contributed by atoms with Crippen LogP contribution in [0.5, 0.6) is 0 Å². The quantitative estimate of drug-likeness (QED) is 0.0320. The highest BCUT2D eigenvalue weighted by Gasteiger charge is 2.18. The molecule has 0 bridgehead atoms. The smallest absolute Gasteiger partial charge is 0.305 e. The zero-order valence-electron chi connectivity index (χ0n) is 57.1. The highest BCUT2D eigenvalue weighted by Crippen LogP contribution is 2.18. The van der Waals surface area contributed by atoms with Crippen molar-refractivity contribution in [1.29, 1.82) is 0 Å². The van der Waals surface area contributed by atoms with Crippen LogP contribution in [0.3, 0.4) is 0 Å². The average molecular weight is 1190 g/mol. The molecule has 0 saturated heterocycles. The Morgan fingerprint density at radius 2 is 0.588 bits per heavy atom. The third-order valence-corrected chi connectivity index (χ3v) is 17.5. The summed E-state index contributed by atoms with van der Waals surface area (Å²) in [6.45, 7) is 4.91. The van der Waals surface area contributed by atoms with Gasteiger partial charge >= 0.3 is 5.97 Å². The van der Waals surface area contributed by atoms with Crippen LogP contribution in [0, 0.1) is 0 Å². The molecule has 0 spiro atoms. The Labute approximate surface area is 530 Å². The third-order valence-electron chi connectivity index (χ3n) is 17.5. The van der Waals surface area contributed by atoms with Crippen LogP contribution >= 0.6 is 0 Å². The molecule has 0 aromatic carbocycles. The molecular formula is C79H147NO5. The molecule has 0 rings (SSSR count). The first kappa shape index (κ1) is 82.6. The number of ether oxygens (including phenoxy) is 1. The van der Waals surface area contributed by atoms with Crippen LogP contribution in [-0.4, -0.2) is 47.4 Å². The number of esters is 1. The number of unbranched alkanes of at least 4 members (excludes halogenated alkanes) is 52. The van der Waals surface area contributed by atoms with Gasteiger partial charge in [0.15, 0.2) is 0 Å². The number of hydrogen-bond acceptors (Lipinski definition) is 5. The lowest BCUT2D eigenvalue weighted by Crippen LogP contribution is -2.45. The van der Waals surface area contributed by atoms with E-state index in [2.05, 4.69) is 67.8 Å². The number of nitrogens with one attached hydrogen (secondary N) is 1. The number of rotatable bonds is 71. The largest absolute Gasteiger partial charge is 0.466 e. The van der Waals surface area contributed by atoms with Gasteiger partial charge in [-0.05, 0) is 96.3 Å². The molecule has 0 radical (unpaired) electrons. The SMILES string of the molecule is CCCCCC/C=C\C/C=C\CCCCCCCC(=O)OCCCCCCCCCCC/C=C\C/C=C\CCCCCCCCCCCCCCCCCCCC(=O)NC(CO)C(O)/C=C/CCCCCCCCCCCCCCCCCCC. The van der Waals surface area contributed by atoms with Gasteiger partial charge in [-0.1, -0.05) is 357 Å². The van der Waals surface area contributed by atoms with E-state index >= 15 is 0 Å². The Morgan fingerprint density at radius 3 is 0.906 bits per heavy atom. The van der Waals surface area contributed by atoms with Gasteiger partial charge in [0.05, 0.1) is 25.4 Å². The maximum atomic E-state index is 12.5. The summed E-state index contributed by atoms with van der Waals surface area (Å²) < 4.78 is 5.49. The number of hydrogen-bond donors (Lipinski definition) is 3. The number of amides is 1. The van der Waals surface area contributed by atoms with E-state index < -0.39 is 12.1 Å². The highest BCUT2D eigenvalue weighted by molar-refractivity contribution is 5.76. The first-order chi connectivity index (χ1) is 42.0. The topological polar surface area (TPSA) is 95.9 Å². The Balaban J connectivity index is 3.41. The lowest BCUT2D eigenvalue weighted by Gasteiger charge is -2.20. The minimum atomic E-state index is -0.845. The Kier molecular flexibility index (Phi) is 71.9. The standard InChI is InChI=1S/C79H147NO5/c1-3-5-7-9-11-13-15-17-19-21-37-40-43-47-51-55-59-63-67-71-77(82)76(75-81)80-78(83)72-68-64-60-56-52-48-44-41-38-35-33-31-29-27-25-23-22-24-26-28-30-32-34-36-39-42-46-50-54-58-62-66-70-74-85-79(84)73-69-65-61-57-53-49-45-20-18-16-14-12-10-8-6-4-2/h14,16,20,26,28,32,34,45,67,71,76-77,81-82H,3-13,15,17-19,21-25,27,29-31,33,35-44,46-66,68-70,72-75H2,1-2H3,(H,80,83)/b16-14-,28-26-,34-32-,45-20-,71-67+. The highest BCUT2D eigenvalue weighted by atomic mass is 16.5. The van der Waals surface area contributed by atoms with Crippen LogP contribution in [0.1, 0.15) is 406 Å². The predicted octanol–water partition coefficient (Wildman–Crippen LogP) is 25.0. The van der Waals surface area contributed by atoms with Crippen molar-refractivity contribution < 1.29 is 24.5 Å². The third kappa shape index (κ3) is 70.5. The van der Waals surface area contributed by atoms with E-state index in [0.29, 0.717) is 19.4 Å². The van der Waals surface area contributed by atoms with Crippen LogP contribution < -0.4 is 5.32 Å². The molecule has 85 heavy (non-hydrogen) atoms. The van der Waals surface area contributed by atoms with Crippen molar-refractivity contribution in [1.82, 2.24) is 5.32 Å². The predicted molar refractivity (Wildman–Crippen MR) is 375 cm³/mol. The van der Waals surface area contributed by atoms with Crippen LogP contribution in [0.15, 0.2) is 60.8 Å². The minimum Gasteiger partial charge on any atom is -0.466 e. The molecule has 3 N–H and O–H groups in total. The molecular weight excluding hydrogens is 1040 g/mol. The molecule has 0 aliphatic carbocycles. The second kappa shape index (κ2) is 74.0. The van der Waals surface area contributed by atoms with Gasteiger partial charge in [-0.25, -0.2) is 0 Å². The van der Waals surface area contributed by atoms with Crippen LogP contribution in [-0.2, 0) is 14.3 Å². The van der Waals surface area contributed by atoms with E-state index in [-0.39, 0.29) is 18.5 Å². The number of aliphatic hydroxyl groups excluding tert-OH is 2. The van der Waals surface area contributed by atoms with Gasteiger partial charge in [-0.3, -0.25) is 9.59 Å². The van der Waals surface area contributed by atoms with Gasteiger partial charge in [0.2, 0.25) is 5.91 Å². The molecule has 0 saturated carbocycles. The van der Waals surface area contributed by atoms with Crippen molar-refractivity contribution in [3.8, 4) is 0 Å². The molecule has 2 unspecified atom stereocenters. The van der Waals surface area contributed by atoms with Gasteiger partial charge in [0.1, 0.15) is 0 Å². The van der Waals surface area contributed by atoms with Crippen molar-refractivity contribution in [2.24, 2.45) is 0 Å². The molecule has 6 nitrogen and oxygen atoms in total. The van der Waals surface area contributed by atoms with Crippen molar-refractivity contribution in [2.45, 2.75) is 418 Å². The average Bonchev–Trinajstić information content (AvgIpc) is 3.51. The van der Waals surface area contributed by atoms with Gasteiger partial charge < -0.3 is 20.3 Å². The molecule has 1 amide bonds. The van der Waals surface area contributed by atoms with E-state index in [1.165, 1.54) is 321 Å². The fourth-order valence-corrected chi connectivity index (χ4v) is 11.7. The Bertz CT molecular complexity index is 1470. The first-order valence-corrected chi connectivity index (χ1v) is 38.1.